The maximum absolute atomic E-state index is 4.62. The van der Waals surface area contributed by atoms with Crippen LogP contribution in [0.15, 0.2) is 6.07 Å². The Morgan fingerprint density at radius 3 is 2.52 bits per heavy atom. The quantitative estimate of drug-likeness (QED) is 0.816. The van der Waals surface area contributed by atoms with Crippen LogP contribution in [0.2, 0.25) is 0 Å². The zero-order valence-corrected chi connectivity index (χ0v) is 13.7. The Morgan fingerprint density at radius 1 is 1.14 bits per heavy atom. The number of aromatic nitrogens is 2. The molecule has 21 heavy (non-hydrogen) atoms. The van der Waals surface area contributed by atoms with Crippen LogP contribution in [0.1, 0.15) is 37.9 Å². The summed E-state index contributed by atoms with van der Waals surface area (Å²) in [6.45, 7) is 6.27. The SMILES string of the molecule is Cc1nc(NCCCN(C)C)cc(N2CCCCCC2)n1. The molecule has 1 saturated heterocycles. The molecule has 0 atom stereocenters. The molecule has 5 nitrogen and oxygen atoms in total. The first-order chi connectivity index (χ1) is 10.1. The zero-order chi connectivity index (χ0) is 15.1. The van der Waals surface area contributed by atoms with Gasteiger partial charge in [-0.25, -0.2) is 9.97 Å². The molecule has 118 valence electrons. The Balaban J connectivity index is 1.95. The van der Waals surface area contributed by atoms with Crippen LogP contribution in [0.4, 0.5) is 11.6 Å². The molecule has 1 fully saturated rings. The van der Waals surface area contributed by atoms with Crippen molar-refractivity contribution < 1.29 is 0 Å². The predicted molar refractivity (Wildman–Crippen MR) is 89.1 cm³/mol. The van der Waals surface area contributed by atoms with E-state index in [4.69, 9.17) is 0 Å². The number of hydrogen-bond acceptors (Lipinski definition) is 5. The van der Waals surface area contributed by atoms with E-state index in [0.717, 1.165) is 50.1 Å². The topological polar surface area (TPSA) is 44.3 Å². The summed E-state index contributed by atoms with van der Waals surface area (Å²) in [6, 6.07) is 2.11. The second-order valence-electron chi connectivity index (χ2n) is 6.14. The van der Waals surface area contributed by atoms with E-state index < -0.39 is 0 Å². The molecule has 2 rings (SSSR count). The molecule has 0 saturated carbocycles. The van der Waals surface area contributed by atoms with Gasteiger partial charge in [-0.2, -0.15) is 0 Å². The zero-order valence-electron chi connectivity index (χ0n) is 13.7. The fourth-order valence-electron chi connectivity index (χ4n) is 2.72. The summed E-state index contributed by atoms with van der Waals surface area (Å²) >= 11 is 0. The van der Waals surface area contributed by atoms with Gasteiger partial charge in [0.1, 0.15) is 17.5 Å². The molecule has 1 N–H and O–H groups in total. The van der Waals surface area contributed by atoms with Crippen molar-refractivity contribution in [1.29, 1.82) is 0 Å². The summed E-state index contributed by atoms with van der Waals surface area (Å²) in [5, 5.41) is 3.43. The van der Waals surface area contributed by atoms with Gasteiger partial charge in [0.25, 0.3) is 0 Å². The Bertz CT molecular complexity index is 425. The molecule has 0 bridgehead atoms. The molecule has 0 aromatic carbocycles. The molecule has 1 aliphatic rings. The highest BCUT2D eigenvalue weighted by atomic mass is 15.2. The molecule has 5 heteroatoms. The summed E-state index contributed by atoms with van der Waals surface area (Å²) in [5.74, 6) is 2.90. The molecule has 1 aliphatic heterocycles. The van der Waals surface area contributed by atoms with Crippen LogP contribution in [0.5, 0.6) is 0 Å². The van der Waals surface area contributed by atoms with Gasteiger partial charge in [0.15, 0.2) is 0 Å². The lowest BCUT2D eigenvalue weighted by atomic mass is 10.2. The Hall–Kier alpha value is -1.36. The summed E-state index contributed by atoms with van der Waals surface area (Å²) in [5.41, 5.74) is 0. The normalized spacial score (nSPS) is 16.1. The number of rotatable bonds is 6. The van der Waals surface area contributed by atoms with Gasteiger partial charge >= 0.3 is 0 Å². The van der Waals surface area contributed by atoms with Crippen LogP contribution >= 0.6 is 0 Å². The fraction of sp³-hybridized carbons (Fsp3) is 0.750. The standard InChI is InChI=1S/C16H29N5/c1-14-18-15(17-9-8-10-20(2)3)13-16(19-14)21-11-6-4-5-7-12-21/h13H,4-12H2,1-3H3,(H,17,18,19). The molecule has 0 radical (unpaired) electrons. The highest BCUT2D eigenvalue weighted by molar-refractivity contribution is 5.49. The van der Waals surface area contributed by atoms with E-state index in [1.54, 1.807) is 0 Å². The lowest BCUT2D eigenvalue weighted by Crippen LogP contribution is -2.25. The molecule has 0 amide bonds. The first-order valence-corrected chi connectivity index (χ1v) is 8.14. The van der Waals surface area contributed by atoms with E-state index >= 15 is 0 Å². The van der Waals surface area contributed by atoms with Crippen LogP contribution in [-0.4, -0.2) is 55.1 Å². The summed E-state index contributed by atoms with van der Waals surface area (Å²) in [4.78, 5) is 13.7. The van der Waals surface area contributed by atoms with Gasteiger partial charge in [-0.05, 0) is 46.8 Å². The van der Waals surface area contributed by atoms with Crippen LogP contribution in [-0.2, 0) is 0 Å². The van der Waals surface area contributed by atoms with Gasteiger partial charge in [0, 0.05) is 25.7 Å². The van der Waals surface area contributed by atoms with Crippen LogP contribution in [0.25, 0.3) is 0 Å². The van der Waals surface area contributed by atoms with Crippen LogP contribution in [0, 0.1) is 6.92 Å². The third kappa shape index (κ3) is 5.50. The third-order valence-electron chi connectivity index (χ3n) is 3.84. The molecule has 0 aliphatic carbocycles. The summed E-state index contributed by atoms with van der Waals surface area (Å²) in [7, 11) is 4.21. The van der Waals surface area contributed by atoms with E-state index in [0.29, 0.717) is 0 Å². The van der Waals surface area contributed by atoms with E-state index in [1.165, 1.54) is 25.7 Å². The molecular weight excluding hydrogens is 262 g/mol. The lowest BCUT2D eigenvalue weighted by molar-refractivity contribution is 0.405. The van der Waals surface area contributed by atoms with Crippen molar-refractivity contribution in [3.63, 3.8) is 0 Å². The van der Waals surface area contributed by atoms with Gasteiger partial charge in [0.2, 0.25) is 0 Å². The Labute approximate surface area is 128 Å². The highest BCUT2D eigenvalue weighted by Crippen LogP contribution is 2.20. The number of aryl methyl sites for hydroxylation is 1. The van der Waals surface area contributed by atoms with E-state index in [-0.39, 0.29) is 0 Å². The second-order valence-corrected chi connectivity index (χ2v) is 6.14. The number of anilines is 2. The fourth-order valence-corrected chi connectivity index (χ4v) is 2.72. The van der Waals surface area contributed by atoms with Crippen molar-refractivity contribution in [2.24, 2.45) is 0 Å². The Kier molecular flexibility index (Phi) is 6.23. The third-order valence-corrected chi connectivity index (χ3v) is 3.84. The molecule has 1 aromatic rings. The average molecular weight is 291 g/mol. The minimum atomic E-state index is 0.854. The molecule has 2 heterocycles. The number of nitrogens with zero attached hydrogens (tertiary/aromatic N) is 4. The minimum Gasteiger partial charge on any atom is -0.370 e. The van der Waals surface area contributed by atoms with Crippen molar-refractivity contribution in [1.82, 2.24) is 14.9 Å². The maximum Gasteiger partial charge on any atom is 0.134 e. The average Bonchev–Trinajstić information content (AvgIpc) is 2.72. The minimum absolute atomic E-state index is 0.854. The first kappa shape index (κ1) is 16.0. The monoisotopic (exact) mass is 291 g/mol. The van der Waals surface area contributed by atoms with Gasteiger partial charge in [-0.1, -0.05) is 12.8 Å². The van der Waals surface area contributed by atoms with Gasteiger partial charge in [-0.3, -0.25) is 0 Å². The maximum atomic E-state index is 4.62. The summed E-state index contributed by atoms with van der Waals surface area (Å²) in [6.07, 6.45) is 6.35. The molecular formula is C16H29N5. The van der Waals surface area contributed by atoms with Crippen molar-refractivity contribution in [3.05, 3.63) is 11.9 Å². The lowest BCUT2D eigenvalue weighted by Gasteiger charge is -2.22. The van der Waals surface area contributed by atoms with E-state index in [2.05, 4.69) is 45.2 Å². The van der Waals surface area contributed by atoms with Crippen LogP contribution < -0.4 is 10.2 Å². The van der Waals surface area contributed by atoms with Gasteiger partial charge < -0.3 is 15.1 Å². The predicted octanol–water partition coefficient (Wildman–Crippen LogP) is 2.53. The first-order valence-electron chi connectivity index (χ1n) is 8.14. The van der Waals surface area contributed by atoms with E-state index in [9.17, 15) is 0 Å². The van der Waals surface area contributed by atoms with E-state index in [1.807, 2.05) is 6.92 Å². The van der Waals surface area contributed by atoms with Crippen molar-refractivity contribution in [3.8, 4) is 0 Å². The van der Waals surface area contributed by atoms with Crippen molar-refractivity contribution in [2.75, 3.05) is 50.5 Å². The number of hydrogen-bond donors (Lipinski definition) is 1. The molecule has 1 aromatic heterocycles. The van der Waals surface area contributed by atoms with Crippen molar-refractivity contribution >= 4 is 11.6 Å². The Morgan fingerprint density at radius 2 is 1.86 bits per heavy atom. The number of nitrogens with one attached hydrogen (secondary N) is 1. The van der Waals surface area contributed by atoms with Crippen LogP contribution in [0.3, 0.4) is 0 Å². The van der Waals surface area contributed by atoms with Gasteiger partial charge in [0.05, 0.1) is 0 Å². The second kappa shape index (κ2) is 8.17. The largest absolute Gasteiger partial charge is 0.370 e. The smallest absolute Gasteiger partial charge is 0.134 e. The van der Waals surface area contributed by atoms with Crippen molar-refractivity contribution in [2.45, 2.75) is 39.0 Å². The highest BCUT2D eigenvalue weighted by Gasteiger charge is 2.12. The van der Waals surface area contributed by atoms with Gasteiger partial charge in [-0.15, -0.1) is 0 Å². The molecule has 0 spiro atoms. The molecule has 0 unspecified atom stereocenters. The summed E-state index contributed by atoms with van der Waals surface area (Å²) < 4.78 is 0.